The first-order valence-electron chi connectivity index (χ1n) is 13.9. The lowest BCUT2D eigenvalue weighted by molar-refractivity contribution is 0.0755. The van der Waals surface area contributed by atoms with Gasteiger partial charge >= 0.3 is 0 Å². The summed E-state index contributed by atoms with van der Waals surface area (Å²) in [5.74, 6) is 1.30. The fourth-order valence-electron chi connectivity index (χ4n) is 5.97. The third-order valence-electron chi connectivity index (χ3n) is 8.23. The molecule has 5 rings (SSSR count). The SMILES string of the molecule is CCC1=CC(Nc2ncc3c(n2)CN([C@@H]2CCN(C/C4=C/C/C=N\C=C/C4)[C@H](C)C2)C3)=CC(C)CC1. The van der Waals surface area contributed by atoms with Crippen molar-refractivity contribution in [2.75, 3.05) is 18.4 Å². The van der Waals surface area contributed by atoms with Crippen molar-refractivity contribution in [2.45, 2.75) is 90.9 Å². The molecule has 6 nitrogen and oxygen atoms in total. The Kier molecular flexibility index (Phi) is 8.12. The number of rotatable bonds is 6. The van der Waals surface area contributed by atoms with E-state index < -0.39 is 0 Å². The van der Waals surface area contributed by atoms with Gasteiger partial charge in [-0.15, -0.1) is 0 Å². The van der Waals surface area contributed by atoms with Crippen molar-refractivity contribution in [3.63, 3.8) is 0 Å². The topological polar surface area (TPSA) is 56.7 Å². The maximum absolute atomic E-state index is 4.96. The van der Waals surface area contributed by atoms with Crippen LogP contribution in [0, 0.1) is 5.92 Å². The Bertz CT molecular complexity index is 1080. The van der Waals surface area contributed by atoms with E-state index in [0.717, 1.165) is 57.1 Å². The molecule has 0 radical (unpaired) electrons. The summed E-state index contributed by atoms with van der Waals surface area (Å²) in [5, 5.41) is 3.52. The Balaban J connectivity index is 1.18. The summed E-state index contributed by atoms with van der Waals surface area (Å²) in [7, 11) is 0. The van der Waals surface area contributed by atoms with E-state index >= 15 is 0 Å². The molecular weight excluding hydrogens is 444 g/mol. The van der Waals surface area contributed by atoms with Crippen molar-refractivity contribution in [1.82, 2.24) is 19.8 Å². The molecule has 1 aliphatic carbocycles. The average Bonchev–Trinajstić information content (AvgIpc) is 3.18. The first kappa shape index (κ1) is 25.1. The van der Waals surface area contributed by atoms with Gasteiger partial charge in [0.15, 0.2) is 0 Å². The number of nitrogens with zero attached hydrogens (tertiary/aromatic N) is 5. The number of fused-ring (bicyclic) bond motifs is 1. The normalized spacial score (nSPS) is 30.6. The summed E-state index contributed by atoms with van der Waals surface area (Å²) in [6.45, 7) is 11.1. The number of hydrogen-bond donors (Lipinski definition) is 1. The van der Waals surface area contributed by atoms with Crippen LogP contribution in [0.25, 0.3) is 0 Å². The minimum atomic E-state index is 0.569. The molecule has 0 bridgehead atoms. The number of piperidine rings is 1. The van der Waals surface area contributed by atoms with Crippen molar-refractivity contribution in [3.8, 4) is 0 Å². The van der Waals surface area contributed by atoms with Crippen LogP contribution in [0.5, 0.6) is 0 Å². The van der Waals surface area contributed by atoms with Crippen LogP contribution in [0.15, 0.2) is 58.5 Å². The van der Waals surface area contributed by atoms with Gasteiger partial charge in [0.2, 0.25) is 5.95 Å². The highest BCUT2D eigenvalue weighted by Gasteiger charge is 2.33. The number of aliphatic imine (C=N–C) groups is 1. The predicted octanol–water partition coefficient (Wildman–Crippen LogP) is 6.01. The zero-order valence-corrected chi connectivity index (χ0v) is 22.3. The lowest BCUT2D eigenvalue weighted by Gasteiger charge is -2.41. The number of allylic oxidation sites excluding steroid dienone is 5. The molecule has 0 saturated carbocycles. The summed E-state index contributed by atoms with van der Waals surface area (Å²) in [5.41, 5.74) is 6.65. The van der Waals surface area contributed by atoms with Gasteiger partial charge < -0.3 is 5.32 Å². The third kappa shape index (κ3) is 6.22. The third-order valence-corrected chi connectivity index (χ3v) is 8.23. The second kappa shape index (κ2) is 11.7. The quantitative estimate of drug-likeness (QED) is 0.499. The van der Waals surface area contributed by atoms with Crippen LogP contribution >= 0.6 is 0 Å². The van der Waals surface area contributed by atoms with Gasteiger partial charge in [-0.2, -0.15) is 0 Å². The highest BCUT2D eigenvalue weighted by atomic mass is 15.2. The molecule has 1 unspecified atom stereocenters. The molecule has 4 heterocycles. The van der Waals surface area contributed by atoms with E-state index in [2.05, 4.69) is 70.2 Å². The first-order chi connectivity index (χ1) is 17.6. The number of likely N-dealkylation sites (tertiary alicyclic amines) is 1. The van der Waals surface area contributed by atoms with E-state index in [0.29, 0.717) is 18.0 Å². The van der Waals surface area contributed by atoms with E-state index in [-0.39, 0.29) is 0 Å². The Labute approximate surface area is 217 Å². The van der Waals surface area contributed by atoms with E-state index in [4.69, 9.17) is 4.98 Å². The van der Waals surface area contributed by atoms with Crippen molar-refractivity contribution in [3.05, 3.63) is 64.8 Å². The minimum absolute atomic E-state index is 0.569. The first-order valence-corrected chi connectivity index (χ1v) is 13.9. The molecule has 1 fully saturated rings. The van der Waals surface area contributed by atoms with Gasteiger partial charge in [0.1, 0.15) is 0 Å². The molecule has 3 aliphatic heterocycles. The molecule has 36 heavy (non-hydrogen) atoms. The molecule has 0 aromatic carbocycles. The monoisotopic (exact) mass is 486 g/mol. The average molecular weight is 487 g/mol. The summed E-state index contributed by atoms with van der Waals surface area (Å²) in [4.78, 5) is 19.2. The minimum Gasteiger partial charge on any atom is -0.324 e. The molecule has 4 aliphatic rings. The molecule has 1 saturated heterocycles. The maximum atomic E-state index is 4.96. The van der Waals surface area contributed by atoms with Gasteiger partial charge in [0.05, 0.1) is 5.69 Å². The second-order valence-corrected chi connectivity index (χ2v) is 11.0. The molecular formula is C30H42N6. The van der Waals surface area contributed by atoms with Crippen molar-refractivity contribution in [1.29, 1.82) is 0 Å². The lowest BCUT2D eigenvalue weighted by Crippen LogP contribution is -2.48. The zero-order chi connectivity index (χ0) is 24.9. The number of aromatic nitrogens is 2. The highest BCUT2D eigenvalue weighted by Crippen LogP contribution is 2.31. The van der Waals surface area contributed by atoms with E-state index in [9.17, 15) is 0 Å². The van der Waals surface area contributed by atoms with Gasteiger partial charge in [-0.25, -0.2) is 9.97 Å². The van der Waals surface area contributed by atoms with Crippen molar-refractivity contribution < 1.29 is 0 Å². The Morgan fingerprint density at radius 1 is 1.14 bits per heavy atom. The summed E-state index contributed by atoms with van der Waals surface area (Å²) < 4.78 is 0. The summed E-state index contributed by atoms with van der Waals surface area (Å²) in [6, 6.07) is 1.20. The zero-order valence-electron chi connectivity index (χ0n) is 22.3. The van der Waals surface area contributed by atoms with Gasteiger partial charge in [-0.3, -0.25) is 14.8 Å². The Morgan fingerprint density at radius 2 is 2.06 bits per heavy atom. The van der Waals surface area contributed by atoms with E-state index in [1.807, 2.05) is 18.6 Å². The number of hydrogen-bond acceptors (Lipinski definition) is 6. The van der Waals surface area contributed by atoms with Crippen LogP contribution in [0.1, 0.15) is 77.0 Å². The van der Waals surface area contributed by atoms with Crippen LogP contribution in [0.4, 0.5) is 5.95 Å². The summed E-state index contributed by atoms with van der Waals surface area (Å²) in [6.07, 6.45) is 23.0. The molecule has 0 amide bonds. The molecule has 192 valence electrons. The van der Waals surface area contributed by atoms with Gasteiger partial charge in [-0.05, 0) is 57.4 Å². The number of nitrogens with one attached hydrogen (secondary N) is 1. The van der Waals surface area contributed by atoms with E-state index in [1.165, 1.54) is 48.1 Å². The van der Waals surface area contributed by atoms with Crippen LogP contribution < -0.4 is 5.32 Å². The van der Waals surface area contributed by atoms with Crippen molar-refractivity contribution in [2.24, 2.45) is 10.9 Å². The molecule has 6 heteroatoms. The number of anilines is 1. The smallest absolute Gasteiger partial charge is 0.227 e. The molecule has 0 spiro atoms. The van der Waals surface area contributed by atoms with Gasteiger partial charge in [0.25, 0.3) is 0 Å². The van der Waals surface area contributed by atoms with E-state index in [1.54, 1.807) is 0 Å². The fourth-order valence-corrected chi connectivity index (χ4v) is 5.97. The molecule has 1 aromatic rings. The lowest BCUT2D eigenvalue weighted by atomic mass is 9.96. The Morgan fingerprint density at radius 3 is 2.92 bits per heavy atom. The molecule has 1 N–H and O–H groups in total. The maximum Gasteiger partial charge on any atom is 0.227 e. The standard InChI is InChI=1S/C30H42N6/c1-4-24-10-9-22(2)15-27(17-24)33-30-32-18-26-20-36(21-29(26)34-30)28-11-14-35(23(3)16-28)19-25-7-5-12-31-13-6-8-25/h5,8,12-13,15,17-18,22-23,28H,4,6-7,9-11,14,16,19-21H2,1-3H3,(H,32,33,34)/b12-5-,25-8+,31-13-/t22?,23-,28-/m1/s1. The van der Waals surface area contributed by atoms with Crippen LogP contribution in [-0.4, -0.2) is 51.2 Å². The predicted molar refractivity (Wildman–Crippen MR) is 149 cm³/mol. The van der Waals surface area contributed by atoms with Crippen LogP contribution in [0.2, 0.25) is 0 Å². The van der Waals surface area contributed by atoms with Crippen LogP contribution in [0.3, 0.4) is 0 Å². The van der Waals surface area contributed by atoms with Gasteiger partial charge in [0, 0.05) is 74.6 Å². The summed E-state index contributed by atoms with van der Waals surface area (Å²) >= 11 is 0. The van der Waals surface area contributed by atoms with Crippen molar-refractivity contribution >= 4 is 12.2 Å². The van der Waals surface area contributed by atoms with Gasteiger partial charge in [-0.1, -0.05) is 43.2 Å². The Hall–Kier alpha value is -2.57. The fraction of sp³-hybridized carbons (Fsp3) is 0.567. The highest BCUT2D eigenvalue weighted by molar-refractivity contribution is 5.60. The largest absolute Gasteiger partial charge is 0.324 e. The second-order valence-electron chi connectivity index (χ2n) is 11.0. The van der Waals surface area contributed by atoms with Crippen LogP contribution in [-0.2, 0) is 13.1 Å². The molecule has 3 atom stereocenters. The molecule has 1 aromatic heterocycles.